The van der Waals surface area contributed by atoms with Crippen LogP contribution < -0.4 is 5.73 Å². The molecule has 2 aromatic heterocycles. The normalized spacial score (nSPS) is 16.9. The van der Waals surface area contributed by atoms with Gasteiger partial charge in [-0.3, -0.25) is 0 Å². The molecule has 1 fully saturated rings. The summed E-state index contributed by atoms with van der Waals surface area (Å²) in [5, 5.41) is 0.930. The van der Waals surface area contributed by atoms with Crippen molar-refractivity contribution in [2.45, 2.75) is 50.0 Å². The van der Waals surface area contributed by atoms with E-state index in [0.717, 1.165) is 42.3 Å². The second-order valence-corrected chi connectivity index (χ2v) is 11.2. The highest BCUT2D eigenvalue weighted by molar-refractivity contribution is 7.89. The van der Waals surface area contributed by atoms with Crippen LogP contribution in [0.15, 0.2) is 29.2 Å². The minimum atomic E-state index is -3.61. The van der Waals surface area contributed by atoms with Crippen LogP contribution in [0.5, 0.6) is 0 Å². The van der Waals surface area contributed by atoms with Crippen LogP contribution in [-0.2, 0) is 34.2 Å². The van der Waals surface area contributed by atoms with Gasteiger partial charge < -0.3 is 10.5 Å². The zero-order valence-corrected chi connectivity index (χ0v) is 19.2. The number of nitrogens with two attached hydrogens (primary N) is 1. The number of aryl methyl sites for hydroxylation is 2. The van der Waals surface area contributed by atoms with Crippen LogP contribution in [0.2, 0.25) is 0 Å². The van der Waals surface area contributed by atoms with Crippen LogP contribution in [0, 0.1) is 0 Å². The Kier molecular flexibility index (Phi) is 5.60. The first-order valence-electron chi connectivity index (χ1n) is 10.8. The van der Waals surface area contributed by atoms with Gasteiger partial charge in [0.05, 0.1) is 15.8 Å². The van der Waals surface area contributed by atoms with Gasteiger partial charge in [0.1, 0.15) is 10.6 Å². The third kappa shape index (κ3) is 3.87. The molecule has 10 heteroatoms. The van der Waals surface area contributed by atoms with Gasteiger partial charge in [0.2, 0.25) is 10.0 Å². The Morgan fingerprint density at radius 3 is 2.72 bits per heavy atom. The van der Waals surface area contributed by atoms with Gasteiger partial charge in [-0.1, -0.05) is 6.07 Å². The second-order valence-electron chi connectivity index (χ2n) is 8.13. The average Bonchev–Trinajstić information content (AvgIpc) is 3.46. The van der Waals surface area contributed by atoms with Gasteiger partial charge in [-0.05, 0) is 62.3 Å². The third-order valence-electron chi connectivity index (χ3n) is 5.99. The molecular formula is C22H24N4O4S2. The van der Waals surface area contributed by atoms with E-state index < -0.39 is 16.0 Å². The smallest absolute Gasteiger partial charge is 0.338 e. The van der Waals surface area contributed by atoms with Gasteiger partial charge in [0.15, 0.2) is 12.4 Å². The molecule has 8 nitrogen and oxygen atoms in total. The minimum absolute atomic E-state index is 0.0972. The molecule has 168 valence electrons. The molecule has 0 unspecified atom stereocenters. The van der Waals surface area contributed by atoms with Crippen molar-refractivity contribution in [1.29, 1.82) is 0 Å². The fourth-order valence-corrected chi connectivity index (χ4v) is 7.22. The summed E-state index contributed by atoms with van der Waals surface area (Å²) >= 11 is 1.63. The van der Waals surface area contributed by atoms with Gasteiger partial charge in [-0.25, -0.2) is 23.2 Å². The molecule has 0 radical (unpaired) electrons. The lowest BCUT2D eigenvalue weighted by Gasteiger charge is -2.15. The molecule has 0 spiro atoms. The minimum Gasteiger partial charge on any atom is -0.454 e. The molecule has 0 saturated carbocycles. The molecule has 3 aromatic rings. The molecular weight excluding hydrogens is 448 g/mol. The van der Waals surface area contributed by atoms with E-state index in [-0.39, 0.29) is 17.1 Å². The maximum Gasteiger partial charge on any atom is 0.338 e. The van der Waals surface area contributed by atoms with E-state index in [2.05, 4.69) is 9.97 Å². The maximum atomic E-state index is 12.8. The summed E-state index contributed by atoms with van der Waals surface area (Å²) in [5.41, 5.74) is 7.64. The van der Waals surface area contributed by atoms with E-state index in [0.29, 0.717) is 24.7 Å². The molecule has 1 aromatic carbocycles. The molecule has 32 heavy (non-hydrogen) atoms. The van der Waals surface area contributed by atoms with Crippen molar-refractivity contribution >= 4 is 43.4 Å². The number of thiophene rings is 1. The van der Waals surface area contributed by atoms with Crippen molar-refractivity contribution in [1.82, 2.24) is 14.3 Å². The van der Waals surface area contributed by atoms with Gasteiger partial charge >= 0.3 is 5.97 Å². The summed E-state index contributed by atoms with van der Waals surface area (Å²) in [4.78, 5) is 23.8. The molecule has 5 rings (SSSR count). The summed E-state index contributed by atoms with van der Waals surface area (Å²) in [6, 6.07) is 5.95. The average molecular weight is 473 g/mol. The van der Waals surface area contributed by atoms with E-state index >= 15 is 0 Å². The number of hydrogen-bond acceptors (Lipinski definition) is 8. The molecule has 2 aliphatic rings. The topological polar surface area (TPSA) is 115 Å². The summed E-state index contributed by atoms with van der Waals surface area (Å²) in [7, 11) is -3.61. The van der Waals surface area contributed by atoms with Crippen molar-refractivity contribution in [3.05, 3.63) is 46.1 Å². The van der Waals surface area contributed by atoms with Crippen molar-refractivity contribution < 1.29 is 17.9 Å². The number of esters is 1. The van der Waals surface area contributed by atoms with Crippen molar-refractivity contribution in [3.63, 3.8) is 0 Å². The van der Waals surface area contributed by atoms with Crippen LogP contribution >= 0.6 is 11.3 Å². The number of carbonyl (C=O) groups is 1. The Labute approximate surface area is 190 Å². The number of rotatable bonds is 5. The number of nitrogens with zero attached hydrogens (tertiary/aromatic N) is 3. The third-order valence-corrected chi connectivity index (χ3v) is 9.07. The Bertz CT molecular complexity index is 1300. The molecule has 1 saturated heterocycles. The number of fused-ring (bicyclic) bond motifs is 3. The van der Waals surface area contributed by atoms with E-state index in [1.807, 2.05) is 0 Å². The van der Waals surface area contributed by atoms with Crippen LogP contribution in [0.4, 0.5) is 5.82 Å². The standard InChI is InChI=1S/C22H24N4O4S2/c23-20-19-16-8-1-2-9-17(16)31-21(19)25-18(24-20)13-30-22(27)14-6-5-7-15(12-14)32(28,29)26-10-3-4-11-26/h5-7,12H,1-4,8-11,13H2,(H2,23,24,25). The van der Waals surface area contributed by atoms with Crippen molar-refractivity contribution in [2.24, 2.45) is 0 Å². The quantitative estimate of drug-likeness (QED) is 0.567. The van der Waals surface area contributed by atoms with Gasteiger partial charge in [-0.15, -0.1) is 11.3 Å². The number of ether oxygens (including phenoxy) is 1. The van der Waals surface area contributed by atoms with E-state index in [9.17, 15) is 13.2 Å². The summed E-state index contributed by atoms with van der Waals surface area (Å²) < 4.78 is 32.4. The number of anilines is 1. The van der Waals surface area contributed by atoms with Gasteiger partial charge in [0, 0.05) is 18.0 Å². The van der Waals surface area contributed by atoms with Crippen LogP contribution in [-0.4, -0.2) is 41.7 Å². The first-order valence-corrected chi connectivity index (χ1v) is 13.0. The second kappa shape index (κ2) is 8.42. The highest BCUT2D eigenvalue weighted by Gasteiger charge is 2.28. The molecule has 0 bridgehead atoms. The highest BCUT2D eigenvalue weighted by atomic mass is 32.2. The monoisotopic (exact) mass is 472 g/mol. The Morgan fingerprint density at radius 2 is 1.91 bits per heavy atom. The Hall–Kier alpha value is -2.56. The van der Waals surface area contributed by atoms with Crippen molar-refractivity contribution in [3.8, 4) is 0 Å². The van der Waals surface area contributed by atoms with E-state index in [1.165, 1.54) is 39.4 Å². The number of benzene rings is 1. The van der Waals surface area contributed by atoms with Gasteiger partial charge in [0.25, 0.3) is 0 Å². The number of hydrogen-bond donors (Lipinski definition) is 1. The lowest BCUT2D eigenvalue weighted by molar-refractivity contribution is 0.0462. The predicted octanol–water partition coefficient (Wildman–Crippen LogP) is 3.29. The first kappa shape index (κ1) is 21.3. The summed E-state index contributed by atoms with van der Waals surface area (Å²) in [5.74, 6) is 0.123. The van der Waals surface area contributed by atoms with Crippen LogP contribution in [0.25, 0.3) is 10.2 Å². The van der Waals surface area contributed by atoms with E-state index in [1.54, 1.807) is 17.4 Å². The number of carbonyl (C=O) groups excluding carboxylic acids is 1. The summed E-state index contributed by atoms with van der Waals surface area (Å²) in [6.07, 6.45) is 6.04. The van der Waals surface area contributed by atoms with E-state index in [4.69, 9.17) is 10.5 Å². The molecule has 1 aliphatic heterocycles. The largest absolute Gasteiger partial charge is 0.454 e. The Balaban J connectivity index is 1.33. The number of sulfonamides is 1. The number of nitrogen functional groups attached to an aromatic ring is 1. The van der Waals surface area contributed by atoms with Crippen LogP contribution in [0.1, 0.15) is 52.3 Å². The SMILES string of the molecule is Nc1nc(COC(=O)c2cccc(S(=O)(=O)N3CCCC3)c2)nc2sc3c(c12)CCCC3. The maximum absolute atomic E-state index is 12.8. The highest BCUT2D eigenvalue weighted by Crippen LogP contribution is 2.37. The zero-order valence-electron chi connectivity index (χ0n) is 17.5. The van der Waals surface area contributed by atoms with Crippen molar-refractivity contribution in [2.75, 3.05) is 18.8 Å². The Morgan fingerprint density at radius 1 is 1.12 bits per heavy atom. The summed E-state index contributed by atoms with van der Waals surface area (Å²) in [6.45, 7) is 0.874. The molecule has 0 atom stereocenters. The lowest BCUT2D eigenvalue weighted by atomic mass is 9.97. The zero-order chi connectivity index (χ0) is 22.3. The van der Waals surface area contributed by atoms with Crippen LogP contribution in [0.3, 0.4) is 0 Å². The molecule has 1 aliphatic carbocycles. The molecule has 3 heterocycles. The molecule has 0 amide bonds. The first-order chi connectivity index (χ1) is 15.4. The van der Waals surface area contributed by atoms with Gasteiger partial charge in [-0.2, -0.15) is 4.31 Å². The fourth-order valence-electron chi connectivity index (χ4n) is 4.37. The predicted molar refractivity (Wildman–Crippen MR) is 122 cm³/mol. The fraction of sp³-hybridized carbons (Fsp3) is 0.409. The number of aromatic nitrogens is 2. The lowest BCUT2D eigenvalue weighted by Crippen LogP contribution is -2.28. The molecule has 2 N–H and O–H groups in total.